The summed E-state index contributed by atoms with van der Waals surface area (Å²) in [6.45, 7) is 11.2. The summed E-state index contributed by atoms with van der Waals surface area (Å²) in [5.41, 5.74) is 2.57. The Morgan fingerprint density at radius 2 is 1.69 bits per heavy atom. The van der Waals surface area contributed by atoms with Gasteiger partial charge in [0.15, 0.2) is 0 Å². The van der Waals surface area contributed by atoms with Crippen LogP contribution in [0.2, 0.25) is 5.02 Å². The largest absolute Gasteiger partial charge is 0.491 e. The SMILES string of the molecule is CC(C)(C)c1ccc(OCC(O)CN2CCN(c3cccc(Cl)c3)CC2)cc1.Cl. The molecule has 0 aromatic heterocycles. The highest BCUT2D eigenvalue weighted by molar-refractivity contribution is 6.30. The van der Waals surface area contributed by atoms with Gasteiger partial charge in [0, 0.05) is 43.4 Å². The first kappa shape index (κ1) is 23.8. The fraction of sp³-hybridized carbons (Fsp3) is 0.478. The molecule has 0 amide bonds. The summed E-state index contributed by atoms with van der Waals surface area (Å²) in [6, 6.07) is 16.1. The number of aliphatic hydroxyl groups excluding tert-OH is 1. The van der Waals surface area contributed by atoms with Gasteiger partial charge in [0.2, 0.25) is 0 Å². The highest BCUT2D eigenvalue weighted by Crippen LogP contribution is 2.24. The number of anilines is 1. The van der Waals surface area contributed by atoms with Crippen LogP contribution in [0, 0.1) is 0 Å². The van der Waals surface area contributed by atoms with Crippen LogP contribution in [0.3, 0.4) is 0 Å². The Labute approximate surface area is 185 Å². The van der Waals surface area contributed by atoms with E-state index in [0.717, 1.165) is 42.6 Å². The second-order valence-corrected chi connectivity index (χ2v) is 8.94. The minimum Gasteiger partial charge on any atom is -0.491 e. The molecule has 1 aliphatic rings. The molecule has 160 valence electrons. The van der Waals surface area contributed by atoms with E-state index in [0.29, 0.717) is 13.2 Å². The van der Waals surface area contributed by atoms with Crippen LogP contribution in [-0.4, -0.2) is 55.4 Å². The summed E-state index contributed by atoms with van der Waals surface area (Å²) in [4.78, 5) is 4.62. The fourth-order valence-electron chi connectivity index (χ4n) is 3.46. The average molecular weight is 439 g/mol. The molecule has 1 unspecified atom stereocenters. The second kappa shape index (κ2) is 10.5. The van der Waals surface area contributed by atoms with Crippen LogP contribution in [0.1, 0.15) is 26.3 Å². The van der Waals surface area contributed by atoms with E-state index < -0.39 is 6.10 Å². The lowest BCUT2D eigenvalue weighted by Crippen LogP contribution is -2.49. The molecule has 0 saturated carbocycles. The maximum absolute atomic E-state index is 10.4. The molecule has 0 aliphatic carbocycles. The lowest BCUT2D eigenvalue weighted by atomic mass is 9.87. The quantitative estimate of drug-likeness (QED) is 0.713. The molecule has 1 N–H and O–H groups in total. The molecule has 0 spiro atoms. The average Bonchev–Trinajstić information content (AvgIpc) is 2.67. The number of hydrogen-bond acceptors (Lipinski definition) is 4. The van der Waals surface area contributed by atoms with E-state index in [1.165, 1.54) is 5.56 Å². The molecule has 1 fully saturated rings. The summed E-state index contributed by atoms with van der Waals surface area (Å²) in [5.74, 6) is 0.804. The zero-order valence-corrected chi connectivity index (χ0v) is 19.0. The summed E-state index contributed by atoms with van der Waals surface area (Å²) in [6.07, 6.45) is -0.500. The predicted octanol–water partition coefficient (Wildman–Crippen LogP) is 4.62. The van der Waals surface area contributed by atoms with Crippen molar-refractivity contribution >= 4 is 29.7 Å². The highest BCUT2D eigenvalue weighted by Gasteiger charge is 2.20. The summed E-state index contributed by atoms with van der Waals surface area (Å²) in [5, 5.41) is 11.1. The Morgan fingerprint density at radius 3 is 2.28 bits per heavy atom. The number of benzene rings is 2. The normalized spacial score (nSPS) is 16.2. The molecule has 4 nitrogen and oxygen atoms in total. The van der Waals surface area contributed by atoms with Gasteiger partial charge in [-0.3, -0.25) is 4.90 Å². The second-order valence-electron chi connectivity index (χ2n) is 8.51. The van der Waals surface area contributed by atoms with Crippen molar-refractivity contribution in [3.8, 4) is 5.75 Å². The number of rotatable bonds is 6. The molecule has 6 heteroatoms. The Morgan fingerprint density at radius 1 is 1.03 bits per heavy atom. The van der Waals surface area contributed by atoms with Gasteiger partial charge in [0.05, 0.1) is 0 Å². The van der Waals surface area contributed by atoms with E-state index in [-0.39, 0.29) is 17.8 Å². The molecule has 1 aliphatic heterocycles. The van der Waals surface area contributed by atoms with Crippen molar-refractivity contribution < 1.29 is 9.84 Å². The van der Waals surface area contributed by atoms with E-state index >= 15 is 0 Å². The predicted molar refractivity (Wildman–Crippen MR) is 124 cm³/mol. The first-order valence-electron chi connectivity index (χ1n) is 9.95. The van der Waals surface area contributed by atoms with E-state index in [4.69, 9.17) is 16.3 Å². The molecular weight excluding hydrogens is 407 g/mol. The third-order valence-corrected chi connectivity index (χ3v) is 5.41. The smallest absolute Gasteiger partial charge is 0.119 e. The van der Waals surface area contributed by atoms with Crippen LogP contribution >= 0.6 is 24.0 Å². The number of β-amino-alcohol motifs (C(OH)–C–C–N with tert-alkyl or cyclic N) is 1. The molecule has 29 heavy (non-hydrogen) atoms. The zero-order chi connectivity index (χ0) is 20.1. The van der Waals surface area contributed by atoms with Crippen LogP contribution in [0.5, 0.6) is 5.75 Å². The van der Waals surface area contributed by atoms with Gasteiger partial charge in [-0.05, 0) is 41.3 Å². The van der Waals surface area contributed by atoms with Crippen LogP contribution in [0.15, 0.2) is 48.5 Å². The monoisotopic (exact) mass is 438 g/mol. The third-order valence-electron chi connectivity index (χ3n) is 5.18. The summed E-state index contributed by atoms with van der Waals surface area (Å²) >= 11 is 6.09. The Kier molecular flexibility index (Phi) is 8.65. The number of hydrogen-bond donors (Lipinski definition) is 1. The maximum Gasteiger partial charge on any atom is 0.119 e. The van der Waals surface area contributed by atoms with Crippen molar-refractivity contribution in [1.82, 2.24) is 4.90 Å². The standard InChI is InChI=1S/C23H31ClN2O2.ClH/c1-23(2,3)18-7-9-22(10-8-18)28-17-21(27)16-25-11-13-26(14-12-25)20-6-4-5-19(24)15-20;/h4-10,15,21,27H,11-14,16-17H2,1-3H3;1H. The van der Waals surface area contributed by atoms with Gasteiger partial charge in [-0.1, -0.05) is 50.6 Å². The van der Waals surface area contributed by atoms with Crippen molar-refractivity contribution in [2.45, 2.75) is 32.3 Å². The first-order chi connectivity index (χ1) is 13.3. The number of nitrogens with zero attached hydrogens (tertiary/aromatic N) is 2. The van der Waals surface area contributed by atoms with Crippen LogP contribution in [0.25, 0.3) is 0 Å². The first-order valence-corrected chi connectivity index (χ1v) is 10.3. The Balaban J connectivity index is 0.00000300. The Bertz CT molecular complexity index is 754. The van der Waals surface area contributed by atoms with Crippen LogP contribution < -0.4 is 9.64 Å². The molecule has 1 atom stereocenters. The lowest BCUT2D eigenvalue weighted by Gasteiger charge is -2.36. The van der Waals surface area contributed by atoms with Crippen LogP contribution in [0.4, 0.5) is 5.69 Å². The molecule has 0 radical (unpaired) electrons. The summed E-state index contributed by atoms with van der Waals surface area (Å²) < 4.78 is 5.78. The number of aliphatic hydroxyl groups is 1. The summed E-state index contributed by atoms with van der Waals surface area (Å²) in [7, 11) is 0. The molecule has 3 rings (SSSR count). The molecule has 2 aromatic carbocycles. The van der Waals surface area contributed by atoms with E-state index in [9.17, 15) is 5.11 Å². The van der Waals surface area contributed by atoms with E-state index in [1.54, 1.807) is 0 Å². The number of halogens is 2. The Hall–Kier alpha value is -1.46. The van der Waals surface area contributed by atoms with E-state index in [2.05, 4.69) is 48.8 Å². The number of ether oxygens (including phenoxy) is 1. The number of piperazine rings is 1. The molecule has 0 bridgehead atoms. The van der Waals surface area contributed by atoms with Gasteiger partial charge in [-0.15, -0.1) is 12.4 Å². The molecule has 2 aromatic rings. The van der Waals surface area contributed by atoms with Crippen molar-refractivity contribution in [2.24, 2.45) is 0 Å². The fourth-order valence-corrected chi connectivity index (χ4v) is 3.64. The van der Waals surface area contributed by atoms with Gasteiger partial charge < -0.3 is 14.7 Å². The van der Waals surface area contributed by atoms with Crippen LogP contribution in [-0.2, 0) is 5.41 Å². The third kappa shape index (κ3) is 7.07. The van der Waals surface area contributed by atoms with Crippen molar-refractivity contribution in [3.05, 3.63) is 59.1 Å². The zero-order valence-electron chi connectivity index (χ0n) is 17.5. The van der Waals surface area contributed by atoms with Gasteiger partial charge in [-0.25, -0.2) is 0 Å². The minimum atomic E-state index is -0.500. The van der Waals surface area contributed by atoms with Gasteiger partial charge >= 0.3 is 0 Å². The topological polar surface area (TPSA) is 35.9 Å². The lowest BCUT2D eigenvalue weighted by molar-refractivity contribution is 0.0663. The van der Waals surface area contributed by atoms with Gasteiger partial charge in [0.1, 0.15) is 18.5 Å². The minimum absolute atomic E-state index is 0. The van der Waals surface area contributed by atoms with Crippen molar-refractivity contribution in [1.29, 1.82) is 0 Å². The highest BCUT2D eigenvalue weighted by atomic mass is 35.5. The van der Waals surface area contributed by atoms with Gasteiger partial charge in [0.25, 0.3) is 0 Å². The van der Waals surface area contributed by atoms with Gasteiger partial charge in [-0.2, -0.15) is 0 Å². The maximum atomic E-state index is 10.4. The van der Waals surface area contributed by atoms with Crippen molar-refractivity contribution in [2.75, 3.05) is 44.2 Å². The van der Waals surface area contributed by atoms with Crippen molar-refractivity contribution in [3.63, 3.8) is 0 Å². The molecule has 1 saturated heterocycles. The van der Waals surface area contributed by atoms with E-state index in [1.807, 2.05) is 30.3 Å². The molecular formula is C23H32Cl2N2O2. The molecule has 1 heterocycles.